The fourth-order valence-corrected chi connectivity index (χ4v) is 12.8. The van der Waals surface area contributed by atoms with Crippen LogP contribution in [0.25, 0.3) is 21.5 Å². The van der Waals surface area contributed by atoms with Crippen LogP contribution in [0.15, 0.2) is 137 Å². The molecule has 1 aliphatic carbocycles. The lowest BCUT2D eigenvalue weighted by Gasteiger charge is -2.37. The average molecular weight is 1100 g/mol. The van der Waals surface area contributed by atoms with Crippen molar-refractivity contribution in [2.24, 2.45) is 11.8 Å². The summed E-state index contributed by atoms with van der Waals surface area (Å²) in [6.07, 6.45) is 2.17. The molecule has 5 unspecified atom stereocenters. The van der Waals surface area contributed by atoms with Gasteiger partial charge in [0.25, 0.3) is 22.9 Å². The summed E-state index contributed by atoms with van der Waals surface area (Å²) in [5, 5.41) is 44.3. The molecule has 4 amide bonds. The molecule has 6 heterocycles. The zero-order chi connectivity index (χ0) is 56.3. The molecule has 6 aromatic carbocycles. The molecule has 18 nitrogen and oxygen atoms in total. The van der Waals surface area contributed by atoms with Crippen LogP contribution in [-0.4, -0.2) is 126 Å². The molecular weight excluding hydrogens is 1040 g/mol. The highest BCUT2D eigenvalue weighted by molar-refractivity contribution is 6.01. The molecule has 1 saturated carbocycles. The Hall–Kier alpha value is -9.00. The minimum absolute atomic E-state index is 0.0783. The van der Waals surface area contributed by atoms with E-state index in [1.165, 1.54) is 0 Å². The summed E-state index contributed by atoms with van der Waals surface area (Å²) in [4.78, 5) is 89.2. The molecule has 0 bridgehead atoms. The Bertz CT molecular complexity index is 3920. The van der Waals surface area contributed by atoms with Crippen molar-refractivity contribution in [1.82, 2.24) is 40.0 Å². The number of hydrogen-bond donors (Lipinski definition) is 6. The van der Waals surface area contributed by atoms with E-state index in [2.05, 4.69) is 25.9 Å². The van der Waals surface area contributed by atoms with Crippen LogP contribution in [0.1, 0.15) is 115 Å². The molecule has 8 aromatic rings. The zero-order valence-corrected chi connectivity index (χ0v) is 45.3. The van der Waals surface area contributed by atoms with Gasteiger partial charge in [0, 0.05) is 97.5 Å². The van der Waals surface area contributed by atoms with E-state index in [9.17, 15) is 39.0 Å². The summed E-state index contributed by atoms with van der Waals surface area (Å²) >= 11 is 0. The molecule has 5 aliphatic rings. The minimum Gasteiger partial charge on any atom is -0.392 e. The van der Waals surface area contributed by atoms with E-state index in [1.54, 1.807) is 20.8 Å². The fourth-order valence-electron chi connectivity index (χ4n) is 12.8. The Kier molecular flexibility index (Phi) is 13.7. The van der Waals surface area contributed by atoms with E-state index in [0.717, 1.165) is 63.0 Å². The summed E-state index contributed by atoms with van der Waals surface area (Å²) in [5.74, 6) is -1.26. The maximum Gasteiger partial charge on any atom is 0.272 e. The van der Waals surface area contributed by atoms with Gasteiger partial charge in [0.15, 0.2) is 0 Å². The third-order valence-corrected chi connectivity index (χ3v) is 17.5. The number of aromatic nitrogens is 4. The highest BCUT2D eigenvalue weighted by Crippen LogP contribution is 2.49. The third kappa shape index (κ3) is 9.54. The predicted octanol–water partition coefficient (Wildman–Crippen LogP) is 6.60. The van der Waals surface area contributed by atoms with Crippen LogP contribution in [-0.2, 0) is 29.2 Å². The molecule has 0 spiro atoms. The van der Waals surface area contributed by atoms with E-state index in [1.807, 2.05) is 133 Å². The van der Waals surface area contributed by atoms with Gasteiger partial charge in [-0.15, -0.1) is 0 Å². The Balaban J connectivity index is 0.706. The molecule has 0 radical (unpaired) electrons. The van der Waals surface area contributed by atoms with Gasteiger partial charge in [0.05, 0.1) is 59.3 Å². The van der Waals surface area contributed by atoms with Crippen molar-refractivity contribution in [3.8, 4) is 0 Å². The van der Waals surface area contributed by atoms with Crippen LogP contribution in [0.2, 0.25) is 0 Å². The Morgan fingerprint density at radius 2 is 0.988 bits per heavy atom. The Labute approximate surface area is 471 Å². The van der Waals surface area contributed by atoms with Gasteiger partial charge in [-0.2, -0.15) is 10.2 Å². The number of aliphatic hydroxyl groups excluding tert-OH is 2. The molecular formula is C64H62N10O8. The SMILES string of the molecule is CC(Cc1ccc2c3c(n[nH]c(=O)c13)C(c1ccc(C(=O)N3CCN(C(=O)C4CC4)CC3)cc1)C(c1ccc(CO)cc1)N2)C(=O)N1CCN(C(=O)c2ccc(C3c4n[nH]c(=O)c5cccc(c45)NC3c3ccc(CO)cc3)cc2)CC1. The second-order valence-electron chi connectivity index (χ2n) is 22.5. The molecule has 6 N–H and O–H groups in total. The number of aliphatic hydroxyl groups is 2. The van der Waals surface area contributed by atoms with E-state index >= 15 is 0 Å². The first kappa shape index (κ1) is 52.4. The van der Waals surface area contributed by atoms with Crippen LogP contribution < -0.4 is 21.8 Å². The third-order valence-electron chi connectivity index (χ3n) is 17.5. The van der Waals surface area contributed by atoms with Crippen LogP contribution in [0, 0.1) is 11.8 Å². The molecule has 2 saturated heterocycles. The average Bonchev–Trinajstić information content (AvgIpc) is 4.55. The number of rotatable bonds is 12. The fraction of sp³-hybridized carbons (Fsp3) is 0.312. The monoisotopic (exact) mass is 1100 g/mol. The van der Waals surface area contributed by atoms with E-state index in [0.29, 0.717) is 96.6 Å². The van der Waals surface area contributed by atoms with Gasteiger partial charge < -0.3 is 40.4 Å². The number of carbonyl (C=O) groups is 4. The van der Waals surface area contributed by atoms with E-state index in [4.69, 9.17) is 5.10 Å². The highest BCUT2D eigenvalue weighted by Gasteiger charge is 2.39. The first-order valence-corrected chi connectivity index (χ1v) is 28.3. The predicted molar refractivity (Wildman–Crippen MR) is 309 cm³/mol. The summed E-state index contributed by atoms with van der Waals surface area (Å²) in [7, 11) is 0. The molecule has 3 fully saturated rings. The second-order valence-corrected chi connectivity index (χ2v) is 22.5. The van der Waals surface area contributed by atoms with Crippen molar-refractivity contribution in [2.75, 3.05) is 63.0 Å². The lowest BCUT2D eigenvalue weighted by Crippen LogP contribution is -2.51. The van der Waals surface area contributed by atoms with Crippen molar-refractivity contribution in [3.05, 3.63) is 210 Å². The van der Waals surface area contributed by atoms with Gasteiger partial charge in [-0.3, -0.25) is 28.8 Å². The van der Waals surface area contributed by atoms with Crippen LogP contribution in [0.4, 0.5) is 11.4 Å². The number of nitrogens with zero attached hydrogens (tertiary/aromatic N) is 6. The number of aromatic amines is 2. The lowest BCUT2D eigenvalue weighted by atomic mass is 9.79. The summed E-state index contributed by atoms with van der Waals surface area (Å²) in [6, 6.07) is 39.3. The number of hydrogen-bond acceptors (Lipinski definition) is 12. The molecule has 18 heteroatoms. The summed E-state index contributed by atoms with van der Waals surface area (Å²) in [5.41, 5.74) is 9.17. The molecule has 82 heavy (non-hydrogen) atoms. The van der Waals surface area contributed by atoms with Crippen LogP contribution in [0.3, 0.4) is 0 Å². The molecule has 4 aliphatic heterocycles. The molecule has 416 valence electrons. The van der Waals surface area contributed by atoms with Gasteiger partial charge in [-0.1, -0.05) is 91.9 Å². The van der Waals surface area contributed by atoms with E-state index in [-0.39, 0.29) is 78.3 Å². The van der Waals surface area contributed by atoms with Gasteiger partial charge in [-0.25, -0.2) is 10.2 Å². The molecule has 13 rings (SSSR count). The Morgan fingerprint density at radius 1 is 0.524 bits per heavy atom. The van der Waals surface area contributed by atoms with Crippen LogP contribution in [0.5, 0.6) is 0 Å². The second kappa shape index (κ2) is 21.5. The zero-order valence-electron chi connectivity index (χ0n) is 45.3. The largest absolute Gasteiger partial charge is 0.392 e. The number of benzene rings is 6. The number of nitrogens with one attached hydrogen (secondary N) is 4. The number of H-pyrrole nitrogens is 2. The highest BCUT2D eigenvalue weighted by atomic mass is 16.3. The minimum atomic E-state index is -0.507. The number of anilines is 2. The van der Waals surface area contributed by atoms with Crippen molar-refractivity contribution in [2.45, 2.75) is 63.3 Å². The normalized spacial score (nSPS) is 19.8. The smallest absolute Gasteiger partial charge is 0.272 e. The first-order valence-electron chi connectivity index (χ1n) is 28.3. The standard InChI is InChI=1S/C64H62N10O8/c1-36(61(79)71-25-27-72(28-26-71)62(80)43-17-13-39(14-18-43)51-55(41-9-5-37(34-75)6-10-41)65-48-4-2-3-47-53(48)57(51)67-69-59(47)77)33-46-23-24-49-54-50(46)60(78)70-68-58(54)52(56(66-49)42-11-7-38(35-76)8-12-42)40-15-19-44(20-16-40)63(81)73-29-31-74(32-30-73)64(82)45-21-22-45/h2-20,23-24,36,45,51-52,55-56,65-66,75-76H,21-22,25-35H2,1H3,(H,69,77)(H,70,78). The molecule has 5 atom stereocenters. The quantitative estimate of drug-likeness (QED) is 0.0760. The summed E-state index contributed by atoms with van der Waals surface area (Å²) < 4.78 is 0. The van der Waals surface area contributed by atoms with Gasteiger partial charge >= 0.3 is 0 Å². The maximum atomic E-state index is 14.3. The maximum absolute atomic E-state index is 14.3. The van der Waals surface area contributed by atoms with Crippen molar-refractivity contribution in [3.63, 3.8) is 0 Å². The van der Waals surface area contributed by atoms with Crippen molar-refractivity contribution < 1.29 is 29.4 Å². The number of amides is 4. The number of piperazine rings is 2. The number of carbonyl (C=O) groups excluding carboxylic acids is 4. The van der Waals surface area contributed by atoms with Gasteiger partial charge in [0.1, 0.15) is 0 Å². The van der Waals surface area contributed by atoms with Crippen molar-refractivity contribution in [1.29, 1.82) is 0 Å². The topological polar surface area (TPSA) is 237 Å². The molecule has 2 aromatic heterocycles. The summed E-state index contributed by atoms with van der Waals surface area (Å²) in [6.45, 7) is 5.04. The van der Waals surface area contributed by atoms with Crippen LogP contribution >= 0.6 is 0 Å². The van der Waals surface area contributed by atoms with Crippen molar-refractivity contribution >= 4 is 56.5 Å². The van der Waals surface area contributed by atoms with Gasteiger partial charge in [0.2, 0.25) is 11.8 Å². The Morgan fingerprint density at radius 3 is 1.50 bits per heavy atom. The van der Waals surface area contributed by atoms with Gasteiger partial charge in [-0.05, 0) is 101 Å². The van der Waals surface area contributed by atoms with E-state index < -0.39 is 11.8 Å². The lowest BCUT2D eigenvalue weighted by molar-refractivity contribution is -0.136. The first-order chi connectivity index (χ1) is 39.9.